The molecule has 0 heterocycles. The highest BCUT2D eigenvalue weighted by molar-refractivity contribution is 6.67. The van der Waals surface area contributed by atoms with Crippen molar-refractivity contribution in [1.82, 2.24) is 0 Å². The number of alkyl halides is 3. The minimum atomic E-state index is -1.58. The van der Waals surface area contributed by atoms with Crippen molar-refractivity contribution in [2.45, 2.75) is 16.6 Å². The lowest BCUT2D eigenvalue weighted by Crippen LogP contribution is -2.17. The molecule has 0 unspecified atom stereocenters. The molecule has 0 N–H and O–H groups in total. The molecule has 0 spiro atoms. The van der Waals surface area contributed by atoms with Crippen LogP contribution < -0.4 is 0 Å². The number of carbonyl (C=O) groups excluding carboxylic acids is 1. The quantitative estimate of drug-likeness (QED) is 0.552. The van der Waals surface area contributed by atoms with Gasteiger partial charge in [0.15, 0.2) is 0 Å². The standard InChI is InChI=1S/C6H8Cl3O3/c7-6(8,9)4-12-5(11)2-1-3-10/h1-4H2. The van der Waals surface area contributed by atoms with Gasteiger partial charge in [-0.25, -0.2) is 5.11 Å². The van der Waals surface area contributed by atoms with Crippen LogP contribution in [0, 0.1) is 0 Å². The van der Waals surface area contributed by atoms with E-state index in [1.165, 1.54) is 0 Å². The molecule has 0 aliphatic carbocycles. The number of ether oxygens (including phenoxy) is 1. The van der Waals surface area contributed by atoms with Crippen molar-refractivity contribution in [3.8, 4) is 0 Å². The van der Waals surface area contributed by atoms with Gasteiger partial charge < -0.3 is 4.74 Å². The first kappa shape index (κ1) is 12.3. The number of halogens is 3. The molecule has 0 rings (SSSR count). The van der Waals surface area contributed by atoms with Gasteiger partial charge in [-0.1, -0.05) is 34.8 Å². The second-order valence-corrected chi connectivity index (χ2v) is 4.60. The van der Waals surface area contributed by atoms with Gasteiger partial charge >= 0.3 is 5.97 Å². The largest absolute Gasteiger partial charge is 0.461 e. The number of esters is 1. The topological polar surface area (TPSA) is 46.2 Å². The maximum Gasteiger partial charge on any atom is 0.306 e. The first-order valence-electron chi connectivity index (χ1n) is 3.26. The van der Waals surface area contributed by atoms with Crippen molar-refractivity contribution >= 4 is 40.8 Å². The van der Waals surface area contributed by atoms with E-state index < -0.39 is 9.76 Å². The molecule has 0 aliphatic rings. The van der Waals surface area contributed by atoms with Crippen LogP contribution in [0.3, 0.4) is 0 Å². The van der Waals surface area contributed by atoms with Gasteiger partial charge in [0.2, 0.25) is 3.79 Å². The molecular weight excluding hydrogens is 226 g/mol. The fraction of sp³-hybridized carbons (Fsp3) is 0.833. The fourth-order valence-electron chi connectivity index (χ4n) is 0.451. The van der Waals surface area contributed by atoms with E-state index in [1.807, 2.05) is 0 Å². The SMILES string of the molecule is [O]CCCC(=O)OCC(Cl)(Cl)Cl. The number of hydrogen-bond donors (Lipinski definition) is 0. The van der Waals surface area contributed by atoms with Gasteiger partial charge in [-0.05, 0) is 6.42 Å². The van der Waals surface area contributed by atoms with Crippen LogP contribution in [-0.4, -0.2) is 23.0 Å². The summed E-state index contributed by atoms with van der Waals surface area (Å²) in [5.41, 5.74) is 0. The Bertz CT molecular complexity index is 143. The molecule has 0 aromatic rings. The van der Waals surface area contributed by atoms with E-state index in [9.17, 15) is 9.90 Å². The van der Waals surface area contributed by atoms with Crippen LogP contribution in [0.15, 0.2) is 0 Å². The lowest BCUT2D eigenvalue weighted by molar-refractivity contribution is -0.143. The molecule has 0 aromatic carbocycles. The molecule has 1 radical (unpaired) electrons. The van der Waals surface area contributed by atoms with Gasteiger partial charge in [0, 0.05) is 6.42 Å². The smallest absolute Gasteiger partial charge is 0.306 e. The normalized spacial score (nSPS) is 11.3. The highest BCUT2D eigenvalue weighted by atomic mass is 35.6. The second kappa shape index (κ2) is 5.86. The molecule has 0 aromatic heterocycles. The van der Waals surface area contributed by atoms with Crippen LogP contribution in [0.2, 0.25) is 0 Å². The molecule has 71 valence electrons. The number of carbonyl (C=O) groups is 1. The average molecular weight is 234 g/mol. The Morgan fingerprint density at radius 2 is 1.92 bits per heavy atom. The van der Waals surface area contributed by atoms with Crippen molar-refractivity contribution in [2.24, 2.45) is 0 Å². The Morgan fingerprint density at radius 3 is 2.33 bits per heavy atom. The maximum atomic E-state index is 10.7. The lowest BCUT2D eigenvalue weighted by atomic mass is 10.3. The summed E-state index contributed by atoms with van der Waals surface area (Å²) in [7, 11) is 0. The van der Waals surface area contributed by atoms with Crippen LogP contribution in [0.25, 0.3) is 0 Å². The van der Waals surface area contributed by atoms with Crippen LogP contribution in [0.1, 0.15) is 12.8 Å². The molecule has 0 amide bonds. The molecule has 0 aliphatic heterocycles. The minimum Gasteiger partial charge on any atom is -0.461 e. The Hall–Kier alpha value is 0.300. The van der Waals surface area contributed by atoms with E-state index in [4.69, 9.17) is 34.8 Å². The Kier molecular flexibility index (Phi) is 6.01. The summed E-state index contributed by atoms with van der Waals surface area (Å²) in [6.45, 7) is -0.585. The molecule has 0 saturated heterocycles. The van der Waals surface area contributed by atoms with Gasteiger partial charge in [0.05, 0.1) is 6.61 Å². The average Bonchev–Trinajstić information content (AvgIpc) is 1.95. The van der Waals surface area contributed by atoms with Crippen LogP contribution >= 0.6 is 34.8 Å². The van der Waals surface area contributed by atoms with E-state index in [-0.39, 0.29) is 26.1 Å². The Morgan fingerprint density at radius 1 is 1.33 bits per heavy atom. The molecule has 0 saturated carbocycles. The van der Waals surface area contributed by atoms with Gasteiger partial charge in [0.1, 0.15) is 6.61 Å². The van der Waals surface area contributed by atoms with Gasteiger partial charge in [-0.3, -0.25) is 4.79 Å². The van der Waals surface area contributed by atoms with Crippen LogP contribution in [0.4, 0.5) is 0 Å². The first-order valence-corrected chi connectivity index (χ1v) is 4.39. The molecule has 0 atom stereocenters. The van der Waals surface area contributed by atoms with Gasteiger partial charge in [-0.2, -0.15) is 0 Å². The molecule has 6 heteroatoms. The number of hydrogen-bond acceptors (Lipinski definition) is 2. The summed E-state index contributed by atoms with van der Waals surface area (Å²) in [5.74, 6) is -0.517. The third kappa shape index (κ3) is 8.40. The molecule has 3 nitrogen and oxygen atoms in total. The predicted molar refractivity (Wildman–Crippen MR) is 46.0 cm³/mol. The fourth-order valence-corrected chi connectivity index (χ4v) is 0.615. The zero-order chi connectivity index (χ0) is 9.61. The summed E-state index contributed by atoms with van der Waals surface area (Å²) in [6.07, 6.45) is 0.322. The van der Waals surface area contributed by atoms with E-state index in [1.54, 1.807) is 0 Å². The highest BCUT2D eigenvalue weighted by Crippen LogP contribution is 2.25. The molecule has 0 bridgehead atoms. The van der Waals surface area contributed by atoms with Gasteiger partial charge in [-0.15, -0.1) is 0 Å². The van der Waals surface area contributed by atoms with Gasteiger partial charge in [0.25, 0.3) is 0 Å². The predicted octanol–water partition coefficient (Wildman–Crippen LogP) is 2.11. The Labute approximate surface area is 85.5 Å². The zero-order valence-electron chi connectivity index (χ0n) is 6.19. The first-order chi connectivity index (χ1) is 5.45. The van der Waals surface area contributed by atoms with Crippen LogP contribution in [-0.2, 0) is 14.6 Å². The van der Waals surface area contributed by atoms with E-state index in [0.29, 0.717) is 0 Å². The van der Waals surface area contributed by atoms with Crippen molar-refractivity contribution in [1.29, 1.82) is 0 Å². The Balaban J connectivity index is 3.44. The van der Waals surface area contributed by atoms with E-state index >= 15 is 0 Å². The van der Waals surface area contributed by atoms with Crippen molar-refractivity contribution in [3.63, 3.8) is 0 Å². The highest BCUT2D eigenvalue weighted by Gasteiger charge is 2.21. The third-order valence-electron chi connectivity index (χ3n) is 0.922. The second-order valence-electron chi connectivity index (χ2n) is 2.08. The van der Waals surface area contributed by atoms with Crippen molar-refractivity contribution < 1.29 is 14.6 Å². The maximum absolute atomic E-state index is 10.7. The summed E-state index contributed by atoms with van der Waals surface area (Å²) < 4.78 is 2.96. The van der Waals surface area contributed by atoms with E-state index in [2.05, 4.69) is 4.74 Å². The van der Waals surface area contributed by atoms with Crippen molar-refractivity contribution in [2.75, 3.05) is 13.2 Å². The third-order valence-corrected chi connectivity index (χ3v) is 1.25. The summed E-state index contributed by atoms with van der Waals surface area (Å²) in [6, 6.07) is 0. The number of rotatable bonds is 4. The molecule has 0 fully saturated rings. The molecule has 12 heavy (non-hydrogen) atoms. The summed E-state index contributed by atoms with van der Waals surface area (Å²) >= 11 is 15.9. The lowest BCUT2D eigenvalue weighted by Gasteiger charge is -2.10. The van der Waals surface area contributed by atoms with Crippen LogP contribution in [0.5, 0.6) is 0 Å². The zero-order valence-corrected chi connectivity index (χ0v) is 8.45. The van der Waals surface area contributed by atoms with E-state index in [0.717, 1.165) is 0 Å². The summed E-state index contributed by atoms with van der Waals surface area (Å²) in [4.78, 5) is 10.7. The van der Waals surface area contributed by atoms with Crippen molar-refractivity contribution in [3.05, 3.63) is 0 Å². The summed E-state index contributed by atoms with van der Waals surface area (Å²) in [5, 5.41) is 9.95. The minimum absolute atomic E-state index is 0.0737. The monoisotopic (exact) mass is 233 g/mol. The molecular formula is C6H8Cl3O3.